The van der Waals surface area contributed by atoms with Gasteiger partial charge in [0.05, 0.1) is 0 Å². The van der Waals surface area contributed by atoms with Crippen molar-refractivity contribution in [3.63, 3.8) is 0 Å². The van der Waals surface area contributed by atoms with E-state index in [1.54, 1.807) is 22.3 Å². The number of hydrogen-bond acceptors (Lipinski definition) is 0. The average molecular weight is 776 g/mol. The quantitative estimate of drug-likeness (QED) is 0.172. The second-order valence-electron chi connectivity index (χ2n) is 17.7. The smallest absolute Gasteiger partial charge is 1.00 e. The number of fused-ring (bicyclic) bond motifs is 3. The first-order valence-corrected chi connectivity index (χ1v) is 24.6. The number of rotatable bonds is 6. The summed E-state index contributed by atoms with van der Waals surface area (Å²) in [4.78, 5) is 0. The molecule has 274 valence electrons. The Morgan fingerprint density at radius 2 is 0.811 bits per heavy atom. The normalized spacial score (nSPS) is 26.5. The molecule has 1 aliphatic heterocycles. The maximum atomic E-state index is 2.84. The Labute approximate surface area is 335 Å². The van der Waals surface area contributed by atoms with Crippen LogP contribution in [-0.2, 0) is 16.6 Å². The van der Waals surface area contributed by atoms with Gasteiger partial charge >= 0.3 is 313 Å². The molecule has 0 radical (unpaired) electrons. The van der Waals surface area contributed by atoms with E-state index in [-0.39, 0.29) is 24.8 Å². The van der Waals surface area contributed by atoms with Gasteiger partial charge < -0.3 is 24.8 Å². The van der Waals surface area contributed by atoms with Gasteiger partial charge in [-0.25, -0.2) is 0 Å². The van der Waals surface area contributed by atoms with Crippen molar-refractivity contribution in [3.8, 4) is 22.3 Å². The summed E-state index contributed by atoms with van der Waals surface area (Å²) in [6.07, 6.45) is 25.8. The van der Waals surface area contributed by atoms with Crippen LogP contribution in [0.4, 0.5) is 0 Å². The molecule has 53 heavy (non-hydrogen) atoms. The monoisotopic (exact) mass is 774 g/mol. The fourth-order valence-electron chi connectivity index (χ4n) is 12.8. The molecule has 0 aromatic heterocycles. The van der Waals surface area contributed by atoms with Crippen LogP contribution in [-0.4, -0.2) is 0 Å². The van der Waals surface area contributed by atoms with Crippen LogP contribution >= 0.6 is 0 Å². The Morgan fingerprint density at radius 3 is 1.21 bits per heavy atom. The minimum Gasteiger partial charge on any atom is -1.00 e. The van der Waals surface area contributed by atoms with E-state index in [2.05, 4.69) is 111 Å². The number of allylic oxidation sites excluding steroid dienone is 2. The van der Waals surface area contributed by atoms with Gasteiger partial charge in [0, 0.05) is 0 Å². The van der Waals surface area contributed by atoms with E-state index in [0.29, 0.717) is 8.45 Å². The van der Waals surface area contributed by atoms with Crippen LogP contribution in [0.2, 0.25) is 8.45 Å². The van der Waals surface area contributed by atoms with E-state index in [4.69, 9.17) is 0 Å². The Hall–Kier alpha value is -2.35. The molecule has 6 aliphatic rings. The van der Waals surface area contributed by atoms with Gasteiger partial charge in [-0.15, -0.1) is 0 Å². The molecule has 4 unspecified atom stereocenters. The number of aryl methyl sites for hydroxylation is 2. The summed E-state index contributed by atoms with van der Waals surface area (Å²) in [6.45, 7) is 4.45. The maximum absolute atomic E-state index is 2.84. The summed E-state index contributed by atoms with van der Waals surface area (Å²) in [5.41, 5.74) is 19.1. The molecule has 3 heteroatoms. The molecule has 4 fully saturated rings. The average Bonchev–Trinajstić information content (AvgIpc) is 3.44. The summed E-state index contributed by atoms with van der Waals surface area (Å²) in [5.74, 6) is 1.54. The summed E-state index contributed by atoms with van der Waals surface area (Å²) in [6, 6.07) is 34.0. The topological polar surface area (TPSA) is 0 Å². The van der Waals surface area contributed by atoms with Crippen molar-refractivity contribution in [3.05, 3.63) is 129 Å². The molecular formula is C50H56Cl2Ti. The summed E-state index contributed by atoms with van der Waals surface area (Å²) >= 11 is -2.77. The molecule has 0 nitrogen and oxygen atoms in total. The molecule has 0 amide bonds. The summed E-state index contributed by atoms with van der Waals surface area (Å²) < 4.78 is 3.45. The van der Waals surface area contributed by atoms with Gasteiger partial charge in [0.15, 0.2) is 0 Å². The zero-order valence-corrected chi connectivity index (χ0v) is 34.9. The fraction of sp³-hybridized carbons (Fsp3) is 0.440. The van der Waals surface area contributed by atoms with Crippen molar-refractivity contribution >= 4 is 12.2 Å². The van der Waals surface area contributed by atoms with Crippen molar-refractivity contribution in [2.45, 2.75) is 121 Å². The third-order valence-corrected chi connectivity index (χ3v) is 25.7. The zero-order valence-electron chi connectivity index (χ0n) is 31.9. The number of halogens is 2. The third kappa shape index (κ3) is 6.22. The second kappa shape index (κ2) is 15.3. The Morgan fingerprint density at radius 1 is 0.434 bits per heavy atom. The number of benzene rings is 4. The second-order valence-corrected chi connectivity index (χ2v) is 24.9. The predicted molar refractivity (Wildman–Crippen MR) is 214 cm³/mol. The molecular weight excluding hydrogens is 719 g/mol. The van der Waals surface area contributed by atoms with Crippen LogP contribution in [0.1, 0.15) is 132 Å². The standard InChI is InChI=1S/2C22H23.C6H10.2ClH.Ti/c2*1-16-10-12-18(13-11-16)21-9-5-8-19-14-20(15-22(19)21)17-6-3-2-4-7-17;1-2-4-6-5-3-1;;;/h2*5,8-15,17H,2-4,6-7H2,1H3;1-2H,3-6H2;2*1H;/q;;;;;+2/p-2. The van der Waals surface area contributed by atoms with E-state index < -0.39 is 16.6 Å². The van der Waals surface area contributed by atoms with Crippen LogP contribution in [0.15, 0.2) is 96.1 Å². The fourth-order valence-corrected chi connectivity index (χ4v) is 27.0. The number of hydrogen-bond donors (Lipinski definition) is 0. The van der Waals surface area contributed by atoms with E-state index in [1.165, 1.54) is 123 Å². The molecule has 4 aromatic carbocycles. The van der Waals surface area contributed by atoms with Crippen molar-refractivity contribution in [1.82, 2.24) is 0 Å². The molecule has 1 heterocycles. The molecule has 1 saturated heterocycles. The zero-order chi connectivity index (χ0) is 34.1. The maximum Gasteiger partial charge on any atom is -1.00 e. The van der Waals surface area contributed by atoms with Crippen molar-refractivity contribution in [2.24, 2.45) is 11.8 Å². The van der Waals surface area contributed by atoms with Gasteiger partial charge in [-0.1, -0.05) is 0 Å². The Kier molecular flexibility index (Phi) is 10.8. The molecule has 0 bridgehead atoms. The van der Waals surface area contributed by atoms with Crippen LogP contribution in [0.25, 0.3) is 34.4 Å². The molecule has 10 rings (SSSR count). The van der Waals surface area contributed by atoms with Crippen molar-refractivity contribution < 1.29 is 41.4 Å². The van der Waals surface area contributed by atoms with E-state index in [0.717, 1.165) is 20.3 Å². The molecule has 4 aromatic rings. The summed E-state index contributed by atoms with van der Waals surface area (Å²) in [7, 11) is 0. The predicted octanol–water partition coefficient (Wildman–Crippen LogP) is 8.70. The molecule has 0 spiro atoms. The van der Waals surface area contributed by atoms with Crippen molar-refractivity contribution in [2.75, 3.05) is 0 Å². The molecule has 0 N–H and O–H groups in total. The first kappa shape index (κ1) is 37.6. The van der Waals surface area contributed by atoms with Gasteiger partial charge in [0.25, 0.3) is 0 Å². The Balaban J connectivity index is 0.00000200. The van der Waals surface area contributed by atoms with Crippen LogP contribution in [0.5, 0.6) is 0 Å². The van der Waals surface area contributed by atoms with Gasteiger partial charge in [-0.05, 0) is 0 Å². The largest absolute Gasteiger partial charge is 1.00 e. The Bertz CT molecular complexity index is 1860. The van der Waals surface area contributed by atoms with Crippen molar-refractivity contribution in [1.29, 1.82) is 0 Å². The van der Waals surface area contributed by atoms with Gasteiger partial charge in [-0.2, -0.15) is 0 Å². The first-order chi connectivity index (χ1) is 25.1. The SMILES string of the molecule is Cc1ccc(-c2cccc3c2C=C(C2CCCCC2)[CH]3[Ti+2]2([CH]3C(C4CCCCC4)=Cc4c(-c5ccc(C)cc5)cccc43)[CH]3CCCC[CH]32)cc1.[Cl-].[Cl-]. The van der Waals surface area contributed by atoms with Gasteiger partial charge in [-0.3, -0.25) is 0 Å². The minimum absolute atomic E-state index is 0. The van der Waals surface area contributed by atoms with Crippen LogP contribution in [0, 0.1) is 25.7 Å². The van der Waals surface area contributed by atoms with E-state index >= 15 is 0 Å². The van der Waals surface area contributed by atoms with E-state index in [1.807, 2.05) is 11.1 Å². The van der Waals surface area contributed by atoms with Gasteiger partial charge in [0.1, 0.15) is 0 Å². The van der Waals surface area contributed by atoms with Gasteiger partial charge in [0.2, 0.25) is 0 Å². The van der Waals surface area contributed by atoms with E-state index in [9.17, 15) is 0 Å². The van der Waals surface area contributed by atoms with Crippen LogP contribution < -0.4 is 24.8 Å². The summed E-state index contributed by atoms with van der Waals surface area (Å²) in [5, 5.41) is 0. The van der Waals surface area contributed by atoms with Crippen LogP contribution in [0.3, 0.4) is 0 Å². The first-order valence-electron chi connectivity index (χ1n) is 21.0. The molecule has 4 atom stereocenters. The molecule has 5 aliphatic carbocycles. The third-order valence-electron chi connectivity index (χ3n) is 15.0. The molecule has 3 saturated carbocycles. The minimum atomic E-state index is -2.77.